The van der Waals surface area contributed by atoms with Gasteiger partial charge in [-0.1, -0.05) is 31.4 Å². The summed E-state index contributed by atoms with van der Waals surface area (Å²) in [4.78, 5) is 13.7. The Balaban J connectivity index is 1.87. The average molecular weight is 435 g/mol. The third-order valence-corrected chi connectivity index (χ3v) is 7.34. The van der Waals surface area contributed by atoms with Crippen LogP contribution in [0, 0.1) is 0 Å². The second-order valence-corrected chi connectivity index (χ2v) is 9.51. The summed E-state index contributed by atoms with van der Waals surface area (Å²) in [5.41, 5.74) is 0.941. The molecule has 0 spiro atoms. The molecular formula is C21H26N2O4S2. The topological polar surface area (TPSA) is 84.5 Å². The average Bonchev–Trinajstić information content (AvgIpc) is 2.74. The number of anilines is 1. The SMILES string of the molecule is COc1ccc(C(=O)Nc2ccccc2SC)cc1S(=O)(=O)NC1CCCCC1. The molecule has 0 saturated heterocycles. The molecule has 0 bridgehead atoms. The number of methoxy groups -OCH3 is 1. The number of benzene rings is 2. The predicted octanol–water partition coefficient (Wildman–Crippen LogP) is 4.28. The summed E-state index contributed by atoms with van der Waals surface area (Å²) >= 11 is 1.52. The Bertz CT molecular complexity index is 970. The lowest BCUT2D eigenvalue weighted by Crippen LogP contribution is -2.36. The van der Waals surface area contributed by atoms with Crippen molar-refractivity contribution in [2.75, 3.05) is 18.7 Å². The fourth-order valence-corrected chi connectivity index (χ4v) is 5.53. The maximum absolute atomic E-state index is 13.0. The van der Waals surface area contributed by atoms with Crippen molar-refractivity contribution < 1.29 is 17.9 Å². The number of thioether (sulfide) groups is 1. The van der Waals surface area contributed by atoms with Gasteiger partial charge in [0, 0.05) is 16.5 Å². The third-order valence-electron chi connectivity index (χ3n) is 5.00. The second-order valence-electron chi connectivity index (χ2n) is 6.98. The number of hydrogen-bond donors (Lipinski definition) is 2. The second kappa shape index (κ2) is 9.65. The summed E-state index contributed by atoms with van der Waals surface area (Å²) in [5, 5.41) is 2.86. The van der Waals surface area contributed by atoms with Gasteiger partial charge >= 0.3 is 0 Å². The molecule has 0 atom stereocenters. The molecule has 6 nitrogen and oxygen atoms in total. The zero-order chi connectivity index (χ0) is 20.9. The van der Waals surface area contributed by atoms with Crippen molar-refractivity contribution in [3.63, 3.8) is 0 Å². The van der Waals surface area contributed by atoms with Gasteiger partial charge in [-0.15, -0.1) is 11.8 Å². The Hall–Kier alpha value is -2.03. The van der Waals surface area contributed by atoms with E-state index in [1.807, 2.05) is 30.5 Å². The zero-order valence-corrected chi connectivity index (χ0v) is 18.2. The Morgan fingerprint density at radius 1 is 1.10 bits per heavy atom. The minimum atomic E-state index is -3.80. The fraction of sp³-hybridized carbons (Fsp3) is 0.381. The van der Waals surface area contributed by atoms with Crippen LogP contribution in [-0.4, -0.2) is 33.7 Å². The van der Waals surface area contributed by atoms with Gasteiger partial charge in [0.1, 0.15) is 10.6 Å². The van der Waals surface area contributed by atoms with Gasteiger partial charge in [0.25, 0.3) is 5.91 Å². The van der Waals surface area contributed by atoms with Crippen LogP contribution in [0.4, 0.5) is 5.69 Å². The Morgan fingerprint density at radius 2 is 1.83 bits per heavy atom. The predicted molar refractivity (Wildman–Crippen MR) is 116 cm³/mol. The molecule has 2 aromatic rings. The van der Waals surface area contributed by atoms with Crippen LogP contribution in [0.5, 0.6) is 5.75 Å². The van der Waals surface area contributed by atoms with E-state index in [-0.39, 0.29) is 28.2 Å². The number of sulfonamides is 1. The molecule has 29 heavy (non-hydrogen) atoms. The summed E-state index contributed by atoms with van der Waals surface area (Å²) in [6, 6.07) is 11.9. The maximum Gasteiger partial charge on any atom is 0.255 e. The normalized spacial score (nSPS) is 15.1. The number of rotatable bonds is 7. The third kappa shape index (κ3) is 5.32. The van der Waals surface area contributed by atoms with Crippen LogP contribution in [0.2, 0.25) is 0 Å². The quantitative estimate of drug-likeness (QED) is 0.636. The lowest BCUT2D eigenvalue weighted by atomic mass is 9.96. The number of nitrogens with one attached hydrogen (secondary N) is 2. The summed E-state index contributed by atoms with van der Waals surface area (Å²) < 4.78 is 34.0. The number of carbonyl (C=O) groups excluding carboxylic acids is 1. The highest BCUT2D eigenvalue weighted by Gasteiger charge is 2.26. The molecule has 0 heterocycles. The Labute approximate surface area is 176 Å². The van der Waals surface area contributed by atoms with Crippen LogP contribution in [-0.2, 0) is 10.0 Å². The standard InChI is InChI=1S/C21H26N2O4S2/c1-27-18-13-12-15(21(24)22-17-10-6-7-11-19(17)28-2)14-20(18)29(25,26)23-16-8-4-3-5-9-16/h6-7,10-14,16,23H,3-5,8-9H2,1-2H3,(H,22,24). The summed E-state index contributed by atoms with van der Waals surface area (Å²) in [6.45, 7) is 0. The van der Waals surface area contributed by atoms with Crippen LogP contribution >= 0.6 is 11.8 Å². The highest BCUT2D eigenvalue weighted by atomic mass is 32.2. The summed E-state index contributed by atoms with van der Waals surface area (Å²) in [6.07, 6.45) is 6.75. The number of ether oxygens (including phenoxy) is 1. The molecule has 1 saturated carbocycles. The van der Waals surface area contributed by atoms with E-state index in [1.165, 1.54) is 31.0 Å². The van der Waals surface area contributed by atoms with E-state index in [1.54, 1.807) is 6.07 Å². The minimum absolute atomic E-state index is 0.0172. The van der Waals surface area contributed by atoms with Gasteiger partial charge in [-0.2, -0.15) is 0 Å². The number of amides is 1. The van der Waals surface area contributed by atoms with Crippen molar-refractivity contribution in [1.82, 2.24) is 4.72 Å². The molecule has 0 aliphatic heterocycles. The van der Waals surface area contributed by atoms with Crippen molar-refractivity contribution in [2.45, 2.75) is 47.9 Å². The number of para-hydroxylation sites is 1. The highest BCUT2D eigenvalue weighted by molar-refractivity contribution is 7.98. The molecule has 1 aliphatic carbocycles. The lowest BCUT2D eigenvalue weighted by Gasteiger charge is -2.23. The molecular weight excluding hydrogens is 408 g/mol. The molecule has 0 radical (unpaired) electrons. The zero-order valence-electron chi connectivity index (χ0n) is 16.6. The van der Waals surface area contributed by atoms with Gasteiger partial charge < -0.3 is 10.1 Å². The van der Waals surface area contributed by atoms with Gasteiger partial charge in [0.2, 0.25) is 10.0 Å². The molecule has 0 unspecified atom stereocenters. The molecule has 2 N–H and O–H groups in total. The van der Waals surface area contributed by atoms with Crippen LogP contribution in [0.15, 0.2) is 52.3 Å². The Kier molecular flexibility index (Phi) is 7.21. The first-order valence-corrected chi connectivity index (χ1v) is 12.3. The van der Waals surface area contributed by atoms with Crippen molar-refractivity contribution in [3.05, 3.63) is 48.0 Å². The van der Waals surface area contributed by atoms with E-state index in [2.05, 4.69) is 10.0 Å². The van der Waals surface area contributed by atoms with E-state index in [0.717, 1.165) is 37.0 Å². The van der Waals surface area contributed by atoms with Crippen molar-refractivity contribution in [2.24, 2.45) is 0 Å². The first kappa shape index (κ1) is 21.7. The summed E-state index contributed by atoms with van der Waals surface area (Å²) in [7, 11) is -2.38. The van der Waals surface area contributed by atoms with Gasteiger partial charge in [0.05, 0.1) is 12.8 Å². The number of hydrogen-bond acceptors (Lipinski definition) is 5. The maximum atomic E-state index is 13.0. The minimum Gasteiger partial charge on any atom is -0.495 e. The molecule has 8 heteroatoms. The van der Waals surface area contributed by atoms with E-state index in [4.69, 9.17) is 4.74 Å². The smallest absolute Gasteiger partial charge is 0.255 e. The molecule has 1 fully saturated rings. The molecule has 3 rings (SSSR count). The van der Waals surface area contributed by atoms with Crippen molar-refractivity contribution >= 4 is 33.4 Å². The molecule has 156 valence electrons. The fourth-order valence-electron chi connectivity index (χ4n) is 3.47. The van der Waals surface area contributed by atoms with Gasteiger partial charge in [-0.05, 0) is 49.4 Å². The first-order chi connectivity index (χ1) is 13.9. The molecule has 2 aromatic carbocycles. The van der Waals surface area contributed by atoms with Crippen LogP contribution < -0.4 is 14.8 Å². The first-order valence-electron chi connectivity index (χ1n) is 9.59. The van der Waals surface area contributed by atoms with Gasteiger partial charge in [-0.3, -0.25) is 4.79 Å². The number of carbonyl (C=O) groups is 1. The van der Waals surface area contributed by atoms with Crippen LogP contribution in [0.25, 0.3) is 0 Å². The van der Waals surface area contributed by atoms with Crippen molar-refractivity contribution in [3.8, 4) is 5.75 Å². The van der Waals surface area contributed by atoms with Crippen LogP contribution in [0.1, 0.15) is 42.5 Å². The molecule has 0 aromatic heterocycles. The largest absolute Gasteiger partial charge is 0.495 e. The summed E-state index contributed by atoms with van der Waals surface area (Å²) in [5.74, 6) is -0.155. The van der Waals surface area contributed by atoms with E-state index >= 15 is 0 Å². The van der Waals surface area contributed by atoms with Gasteiger partial charge in [-0.25, -0.2) is 13.1 Å². The highest BCUT2D eigenvalue weighted by Crippen LogP contribution is 2.29. The van der Waals surface area contributed by atoms with E-state index < -0.39 is 10.0 Å². The monoisotopic (exact) mass is 434 g/mol. The lowest BCUT2D eigenvalue weighted by molar-refractivity contribution is 0.102. The van der Waals surface area contributed by atoms with Crippen LogP contribution in [0.3, 0.4) is 0 Å². The van der Waals surface area contributed by atoms with Gasteiger partial charge in [0.15, 0.2) is 0 Å². The van der Waals surface area contributed by atoms with E-state index in [0.29, 0.717) is 5.69 Å². The Morgan fingerprint density at radius 3 is 2.52 bits per heavy atom. The molecule has 1 amide bonds. The molecule has 1 aliphatic rings. The van der Waals surface area contributed by atoms with Crippen molar-refractivity contribution in [1.29, 1.82) is 0 Å². The van der Waals surface area contributed by atoms with E-state index in [9.17, 15) is 13.2 Å².